The van der Waals surface area contributed by atoms with Crippen molar-refractivity contribution in [2.75, 3.05) is 24.6 Å². The van der Waals surface area contributed by atoms with Gasteiger partial charge in [-0.05, 0) is 36.4 Å². The molecule has 1 fully saturated rings. The molecule has 1 N–H and O–H groups in total. The monoisotopic (exact) mass is 385 g/mol. The van der Waals surface area contributed by atoms with Gasteiger partial charge in [0.05, 0.1) is 18.8 Å². The fraction of sp³-hybridized carbons (Fsp3) is 0.211. The third-order valence-electron chi connectivity index (χ3n) is 4.38. The summed E-state index contributed by atoms with van der Waals surface area (Å²) < 4.78 is 11.2. The Morgan fingerprint density at radius 1 is 1.22 bits per heavy atom. The number of aromatic nitrogens is 2. The molecule has 2 aromatic heterocycles. The number of hydrogen-bond donors (Lipinski definition) is 1. The van der Waals surface area contributed by atoms with E-state index in [-0.39, 0.29) is 23.2 Å². The lowest BCUT2D eigenvalue weighted by Crippen LogP contribution is -2.39. The van der Waals surface area contributed by atoms with E-state index in [2.05, 4.69) is 10.1 Å². The summed E-state index contributed by atoms with van der Waals surface area (Å²) in [6.07, 6.45) is 1.44. The third kappa shape index (κ3) is 3.51. The Morgan fingerprint density at radius 3 is 2.74 bits per heavy atom. The smallest absolute Gasteiger partial charge is 0.343 e. The minimum Gasteiger partial charge on any atom is -0.477 e. The van der Waals surface area contributed by atoms with Crippen molar-refractivity contribution in [3.05, 3.63) is 64.9 Å². The molecule has 138 valence electrons. The Hall–Kier alpha value is -2.90. The molecule has 1 aliphatic heterocycles. The van der Waals surface area contributed by atoms with Crippen LogP contribution in [0.15, 0.2) is 53.2 Å². The summed E-state index contributed by atoms with van der Waals surface area (Å²) in [6, 6.07) is 12.4. The molecule has 0 bridgehead atoms. The van der Waals surface area contributed by atoms with Gasteiger partial charge in [-0.15, -0.1) is 0 Å². The van der Waals surface area contributed by atoms with Crippen molar-refractivity contribution in [1.82, 2.24) is 10.1 Å². The maximum absolute atomic E-state index is 11.9. The van der Waals surface area contributed by atoms with Gasteiger partial charge in [0.2, 0.25) is 0 Å². The summed E-state index contributed by atoms with van der Waals surface area (Å²) in [4.78, 5) is 18.1. The Bertz CT molecular complexity index is 943. The topological polar surface area (TPSA) is 88.7 Å². The SMILES string of the molecule is O=C(O)c1c(N2CCOC(c3ccccn3)C2)noc1-c1ccc(Cl)cc1. The highest BCUT2D eigenvalue weighted by atomic mass is 35.5. The summed E-state index contributed by atoms with van der Waals surface area (Å²) in [6.45, 7) is 1.38. The molecule has 8 heteroatoms. The number of benzene rings is 1. The van der Waals surface area contributed by atoms with Crippen molar-refractivity contribution in [2.45, 2.75) is 6.10 Å². The minimum atomic E-state index is -1.10. The largest absolute Gasteiger partial charge is 0.477 e. The van der Waals surface area contributed by atoms with Crippen LogP contribution in [0.3, 0.4) is 0 Å². The van der Waals surface area contributed by atoms with E-state index in [4.69, 9.17) is 20.9 Å². The van der Waals surface area contributed by atoms with Crippen LogP contribution >= 0.6 is 11.6 Å². The molecule has 1 atom stereocenters. The van der Waals surface area contributed by atoms with Crippen molar-refractivity contribution in [3.63, 3.8) is 0 Å². The van der Waals surface area contributed by atoms with Gasteiger partial charge in [-0.2, -0.15) is 0 Å². The van der Waals surface area contributed by atoms with Gasteiger partial charge in [0.1, 0.15) is 6.10 Å². The number of carboxylic acid groups (broad SMARTS) is 1. The highest BCUT2D eigenvalue weighted by Crippen LogP contribution is 2.34. The average molecular weight is 386 g/mol. The molecule has 1 aliphatic rings. The van der Waals surface area contributed by atoms with Crippen LogP contribution in [0, 0.1) is 0 Å². The number of carbonyl (C=O) groups is 1. The van der Waals surface area contributed by atoms with E-state index < -0.39 is 5.97 Å². The van der Waals surface area contributed by atoms with Gasteiger partial charge in [-0.25, -0.2) is 4.79 Å². The normalized spacial score (nSPS) is 17.1. The molecule has 3 aromatic rings. The van der Waals surface area contributed by atoms with E-state index in [1.807, 2.05) is 23.1 Å². The van der Waals surface area contributed by atoms with Gasteiger partial charge in [0.25, 0.3) is 0 Å². The zero-order valence-electron chi connectivity index (χ0n) is 14.2. The lowest BCUT2D eigenvalue weighted by atomic mass is 10.1. The molecular formula is C19H16ClN3O4. The molecule has 7 nitrogen and oxygen atoms in total. The van der Waals surface area contributed by atoms with Crippen LogP contribution in [-0.2, 0) is 4.74 Å². The second kappa shape index (κ2) is 7.38. The van der Waals surface area contributed by atoms with Crippen molar-refractivity contribution < 1.29 is 19.2 Å². The van der Waals surface area contributed by atoms with E-state index in [1.165, 1.54) is 0 Å². The van der Waals surface area contributed by atoms with Crippen LogP contribution in [0.5, 0.6) is 0 Å². The Labute approximate surface area is 160 Å². The van der Waals surface area contributed by atoms with Gasteiger partial charge in [-0.3, -0.25) is 4.98 Å². The molecule has 1 saturated heterocycles. The number of rotatable bonds is 4. The zero-order chi connectivity index (χ0) is 18.8. The summed E-state index contributed by atoms with van der Waals surface area (Å²) in [5.41, 5.74) is 1.42. The first-order valence-corrected chi connectivity index (χ1v) is 8.77. The molecule has 1 unspecified atom stereocenters. The first-order valence-electron chi connectivity index (χ1n) is 8.40. The number of nitrogens with zero attached hydrogens (tertiary/aromatic N) is 3. The van der Waals surface area contributed by atoms with Gasteiger partial charge >= 0.3 is 5.97 Å². The number of anilines is 1. The second-order valence-corrected chi connectivity index (χ2v) is 6.52. The van der Waals surface area contributed by atoms with Crippen LogP contribution in [0.4, 0.5) is 5.82 Å². The van der Waals surface area contributed by atoms with Crippen LogP contribution < -0.4 is 4.90 Å². The zero-order valence-corrected chi connectivity index (χ0v) is 15.0. The number of carboxylic acids is 1. The Morgan fingerprint density at radius 2 is 2.04 bits per heavy atom. The number of halogens is 1. The van der Waals surface area contributed by atoms with Gasteiger partial charge in [0, 0.05) is 23.3 Å². The summed E-state index contributed by atoms with van der Waals surface area (Å²) in [5, 5.41) is 14.4. The molecule has 0 radical (unpaired) electrons. The predicted molar refractivity (Wildman–Crippen MR) is 99.1 cm³/mol. The number of aromatic carboxylic acids is 1. The maximum atomic E-state index is 11.9. The molecular weight excluding hydrogens is 370 g/mol. The van der Waals surface area contributed by atoms with Gasteiger partial charge in [-0.1, -0.05) is 22.8 Å². The molecule has 0 amide bonds. The Kier molecular flexibility index (Phi) is 4.79. The van der Waals surface area contributed by atoms with E-state index in [0.717, 1.165) is 5.69 Å². The minimum absolute atomic E-state index is 0.0268. The van der Waals surface area contributed by atoms with Crippen LogP contribution in [0.2, 0.25) is 5.02 Å². The molecule has 0 aliphatic carbocycles. The van der Waals surface area contributed by atoms with Gasteiger partial charge < -0.3 is 19.3 Å². The fourth-order valence-electron chi connectivity index (χ4n) is 3.08. The molecule has 27 heavy (non-hydrogen) atoms. The summed E-state index contributed by atoms with van der Waals surface area (Å²) >= 11 is 5.91. The fourth-order valence-corrected chi connectivity index (χ4v) is 3.20. The van der Waals surface area contributed by atoms with E-state index >= 15 is 0 Å². The maximum Gasteiger partial charge on any atom is 0.343 e. The Balaban J connectivity index is 1.67. The number of morpholine rings is 1. The number of hydrogen-bond acceptors (Lipinski definition) is 6. The summed E-state index contributed by atoms with van der Waals surface area (Å²) in [7, 11) is 0. The van der Waals surface area contributed by atoms with Crippen molar-refractivity contribution >= 4 is 23.4 Å². The highest BCUT2D eigenvalue weighted by Gasteiger charge is 2.31. The molecule has 0 spiro atoms. The lowest BCUT2D eigenvalue weighted by molar-refractivity contribution is 0.0364. The molecule has 3 heterocycles. The predicted octanol–water partition coefficient (Wildman–Crippen LogP) is 3.67. The van der Waals surface area contributed by atoms with Crippen molar-refractivity contribution in [1.29, 1.82) is 0 Å². The van der Waals surface area contributed by atoms with Crippen LogP contribution in [0.1, 0.15) is 22.2 Å². The number of pyridine rings is 1. The van der Waals surface area contributed by atoms with Crippen LogP contribution in [-0.4, -0.2) is 40.9 Å². The standard InChI is InChI=1S/C19H16ClN3O4/c20-13-6-4-12(5-7-13)17-16(19(24)25)18(22-27-17)23-9-10-26-15(11-23)14-3-1-2-8-21-14/h1-8,15H,9-11H2,(H,24,25). The first-order chi connectivity index (χ1) is 13.1. The molecule has 1 aromatic carbocycles. The molecule has 0 saturated carbocycles. The third-order valence-corrected chi connectivity index (χ3v) is 4.63. The quantitative estimate of drug-likeness (QED) is 0.732. The average Bonchev–Trinajstić information content (AvgIpc) is 3.15. The highest BCUT2D eigenvalue weighted by molar-refractivity contribution is 6.30. The van der Waals surface area contributed by atoms with E-state index in [9.17, 15) is 9.90 Å². The number of ether oxygens (including phenoxy) is 1. The van der Waals surface area contributed by atoms with E-state index in [1.54, 1.807) is 30.5 Å². The van der Waals surface area contributed by atoms with Gasteiger partial charge in [0.15, 0.2) is 17.1 Å². The van der Waals surface area contributed by atoms with Crippen molar-refractivity contribution in [3.8, 4) is 11.3 Å². The van der Waals surface area contributed by atoms with Crippen LogP contribution in [0.25, 0.3) is 11.3 Å². The molecule has 4 rings (SSSR count). The lowest BCUT2D eigenvalue weighted by Gasteiger charge is -2.32. The van der Waals surface area contributed by atoms with E-state index in [0.29, 0.717) is 30.3 Å². The first kappa shape index (κ1) is 17.5. The summed E-state index contributed by atoms with van der Waals surface area (Å²) in [5.74, 6) is -0.608. The second-order valence-electron chi connectivity index (χ2n) is 6.08. The van der Waals surface area contributed by atoms with Crippen molar-refractivity contribution in [2.24, 2.45) is 0 Å².